The molecule has 1 aromatic rings. The fourth-order valence-electron chi connectivity index (χ4n) is 2.47. The molecule has 0 aromatic heterocycles. The number of nitrogens with one attached hydrogen (secondary N) is 1. The van der Waals surface area contributed by atoms with E-state index in [0.29, 0.717) is 26.1 Å². The van der Waals surface area contributed by atoms with E-state index in [9.17, 15) is 9.59 Å². The molecular weight excluding hydrogens is 316 g/mol. The molecule has 0 spiro atoms. The second kappa shape index (κ2) is 11.6. The van der Waals surface area contributed by atoms with Crippen LogP contribution in [0.3, 0.4) is 0 Å². The van der Waals surface area contributed by atoms with Crippen LogP contribution in [-0.2, 0) is 20.9 Å². The number of hydrogen-bond donors (Lipinski definition) is 1. The summed E-state index contributed by atoms with van der Waals surface area (Å²) in [7, 11) is 0. The lowest BCUT2D eigenvalue weighted by Gasteiger charge is -2.28. The van der Waals surface area contributed by atoms with Gasteiger partial charge in [0.25, 0.3) is 0 Å². The summed E-state index contributed by atoms with van der Waals surface area (Å²) in [5.41, 5.74) is 1.02. The Hall–Kier alpha value is -1.88. The van der Waals surface area contributed by atoms with Crippen LogP contribution in [0.1, 0.15) is 52.5 Å². The van der Waals surface area contributed by atoms with Crippen LogP contribution in [-0.4, -0.2) is 42.0 Å². The molecule has 1 rings (SSSR count). The zero-order valence-electron chi connectivity index (χ0n) is 16.0. The lowest BCUT2D eigenvalue weighted by molar-refractivity contribution is -0.140. The number of carbonyl (C=O) groups is 2. The minimum absolute atomic E-state index is 0.0112. The first-order valence-electron chi connectivity index (χ1n) is 9.18. The smallest absolute Gasteiger partial charge is 0.242 e. The SMILES string of the molecule is CCCC(=O)N(Cc1ccccc1)[C@@H](C)C(=O)NCCCOC(C)C. The molecule has 0 aliphatic heterocycles. The second-order valence-corrected chi connectivity index (χ2v) is 6.50. The van der Waals surface area contributed by atoms with Crippen LogP contribution in [0.2, 0.25) is 0 Å². The minimum atomic E-state index is -0.495. The maximum absolute atomic E-state index is 12.5. The Kier molecular flexibility index (Phi) is 9.85. The quantitative estimate of drug-likeness (QED) is 0.625. The van der Waals surface area contributed by atoms with Crippen molar-refractivity contribution < 1.29 is 14.3 Å². The molecule has 1 atom stereocenters. The van der Waals surface area contributed by atoms with Crippen LogP contribution in [0.4, 0.5) is 0 Å². The first-order chi connectivity index (χ1) is 12.0. The number of rotatable bonds is 11. The van der Waals surface area contributed by atoms with Crippen molar-refractivity contribution in [3.63, 3.8) is 0 Å². The van der Waals surface area contributed by atoms with E-state index in [1.807, 2.05) is 51.1 Å². The van der Waals surface area contributed by atoms with E-state index in [-0.39, 0.29) is 17.9 Å². The van der Waals surface area contributed by atoms with Gasteiger partial charge in [0.05, 0.1) is 6.10 Å². The van der Waals surface area contributed by atoms with Gasteiger partial charge >= 0.3 is 0 Å². The van der Waals surface area contributed by atoms with Crippen LogP contribution in [0.5, 0.6) is 0 Å². The van der Waals surface area contributed by atoms with Gasteiger partial charge in [-0.1, -0.05) is 37.3 Å². The summed E-state index contributed by atoms with van der Waals surface area (Å²) in [5, 5.41) is 2.91. The third-order valence-electron chi connectivity index (χ3n) is 3.90. The van der Waals surface area contributed by atoms with Gasteiger partial charge in [0.15, 0.2) is 0 Å². The van der Waals surface area contributed by atoms with Gasteiger partial charge in [-0.25, -0.2) is 0 Å². The third-order valence-corrected chi connectivity index (χ3v) is 3.90. The highest BCUT2D eigenvalue weighted by Gasteiger charge is 2.25. The molecule has 5 heteroatoms. The average Bonchev–Trinajstić information content (AvgIpc) is 2.59. The third kappa shape index (κ3) is 8.16. The summed E-state index contributed by atoms with van der Waals surface area (Å²) >= 11 is 0. The molecule has 2 amide bonds. The number of nitrogens with zero attached hydrogens (tertiary/aromatic N) is 1. The summed E-state index contributed by atoms with van der Waals surface area (Å²) in [6.07, 6.45) is 2.18. The number of hydrogen-bond acceptors (Lipinski definition) is 3. The molecule has 0 fully saturated rings. The molecule has 0 radical (unpaired) electrons. The lowest BCUT2D eigenvalue weighted by Crippen LogP contribution is -2.47. The largest absolute Gasteiger partial charge is 0.379 e. The number of amides is 2. The van der Waals surface area contributed by atoms with E-state index in [1.54, 1.807) is 11.8 Å². The van der Waals surface area contributed by atoms with Crippen molar-refractivity contribution in [3.8, 4) is 0 Å². The van der Waals surface area contributed by atoms with Crippen molar-refractivity contribution in [2.75, 3.05) is 13.2 Å². The molecule has 1 N–H and O–H groups in total. The Balaban J connectivity index is 2.60. The molecule has 5 nitrogen and oxygen atoms in total. The van der Waals surface area contributed by atoms with Gasteiger partial charge in [-0.2, -0.15) is 0 Å². The minimum Gasteiger partial charge on any atom is -0.379 e. The summed E-state index contributed by atoms with van der Waals surface area (Å²) in [5.74, 6) is -0.109. The van der Waals surface area contributed by atoms with E-state index in [0.717, 1.165) is 18.4 Å². The summed E-state index contributed by atoms with van der Waals surface area (Å²) in [6.45, 7) is 9.36. The van der Waals surface area contributed by atoms with Crippen LogP contribution in [0.15, 0.2) is 30.3 Å². The zero-order valence-corrected chi connectivity index (χ0v) is 16.0. The van der Waals surface area contributed by atoms with Crippen molar-refractivity contribution in [2.24, 2.45) is 0 Å². The molecule has 140 valence electrons. The predicted molar refractivity (Wildman–Crippen MR) is 100 cm³/mol. The molecule has 0 saturated heterocycles. The fourth-order valence-corrected chi connectivity index (χ4v) is 2.47. The Morgan fingerprint density at radius 3 is 2.44 bits per heavy atom. The van der Waals surface area contributed by atoms with Crippen molar-refractivity contribution in [1.29, 1.82) is 0 Å². The Labute approximate surface area is 151 Å². The van der Waals surface area contributed by atoms with Crippen molar-refractivity contribution in [1.82, 2.24) is 10.2 Å². The molecule has 0 saturated carbocycles. The number of carbonyl (C=O) groups excluding carboxylic acids is 2. The van der Waals surface area contributed by atoms with Gasteiger partial charge < -0.3 is 15.0 Å². The van der Waals surface area contributed by atoms with E-state index in [2.05, 4.69) is 5.32 Å². The van der Waals surface area contributed by atoms with Crippen molar-refractivity contribution >= 4 is 11.8 Å². The summed E-state index contributed by atoms with van der Waals surface area (Å²) < 4.78 is 5.46. The average molecular weight is 348 g/mol. The summed E-state index contributed by atoms with van der Waals surface area (Å²) in [4.78, 5) is 26.6. The van der Waals surface area contributed by atoms with E-state index >= 15 is 0 Å². The lowest BCUT2D eigenvalue weighted by atomic mass is 10.1. The topological polar surface area (TPSA) is 58.6 Å². The van der Waals surface area contributed by atoms with Crippen LogP contribution in [0, 0.1) is 0 Å². The molecule has 0 aliphatic rings. The van der Waals surface area contributed by atoms with Crippen LogP contribution < -0.4 is 5.32 Å². The molecular formula is C20H32N2O3. The maximum atomic E-state index is 12.5. The predicted octanol–water partition coefficient (Wildman–Crippen LogP) is 3.14. The van der Waals surface area contributed by atoms with E-state index in [4.69, 9.17) is 4.74 Å². The van der Waals surface area contributed by atoms with Gasteiger partial charge in [-0.15, -0.1) is 0 Å². The van der Waals surface area contributed by atoms with Gasteiger partial charge in [0, 0.05) is 26.1 Å². The monoisotopic (exact) mass is 348 g/mol. The molecule has 25 heavy (non-hydrogen) atoms. The molecule has 0 unspecified atom stereocenters. The highest BCUT2D eigenvalue weighted by atomic mass is 16.5. The normalized spacial score (nSPS) is 12.0. The van der Waals surface area contributed by atoms with Gasteiger partial charge in [-0.3, -0.25) is 9.59 Å². The first-order valence-corrected chi connectivity index (χ1v) is 9.18. The standard InChI is InChI=1S/C20H32N2O3/c1-5-10-19(23)22(15-18-11-7-6-8-12-18)17(4)20(24)21-13-9-14-25-16(2)3/h6-8,11-12,16-17H,5,9-10,13-15H2,1-4H3,(H,21,24)/t17-/m0/s1. The maximum Gasteiger partial charge on any atom is 0.242 e. The first kappa shape index (κ1) is 21.2. The highest BCUT2D eigenvalue weighted by Crippen LogP contribution is 2.11. The Morgan fingerprint density at radius 1 is 1.16 bits per heavy atom. The number of benzene rings is 1. The molecule has 0 heterocycles. The zero-order chi connectivity index (χ0) is 18.7. The number of ether oxygens (including phenoxy) is 1. The van der Waals surface area contributed by atoms with Crippen molar-refractivity contribution in [3.05, 3.63) is 35.9 Å². The van der Waals surface area contributed by atoms with Crippen LogP contribution in [0.25, 0.3) is 0 Å². The Morgan fingerprint density at radius 2 is 1.84 bits per heavy atom. The molecule has 1 aromatic carbocycles. The van der Waals surface area contributed by atoms with Crippen molar-refractivity contribution in [2.45, 2.75) is 65.6 Å². The Bertz CT molecular complexity index is 517. The highest BCUT2D eigenvalue weighted by molar-refractivity contribution is 5.87. The van der Waals surface area contributed by atoms with Crippen LogP contribution >= 0.6 is 0 Å². The second-order valence-electron chi connectivity index (χ2n) is 6.50. The molecule has 0 bridgehead atoms. The van der Waals surface area contributed by atoms with Gasteiger partial charge in [-0.05, 0) is 39.2 Å². The van der Waals surface area contributed by atoms with Gasteiger partial charge in [0.1, 0.15) is 6.04 Å². The van der Waals surface area contributed by atoms with E-state index < -0.39 is 6.04 Å². The van der Waals surface area contributed by atoms with E-state index in [1.165, 1.54) is 0 Å². The fraction of sp³-hybridized carbons (Fsp3) is 0.600. The molecule has 0 aliphatic carbocycles. The van der Waals surface area contributed by atoms with Gasteiger partial charge in [0.2, 0.25) is 11.8 Å². The summed E-state index contributed by atoms with van der Waals surface area (Å²) in [6, 6.07) is 9.27.